The van der Waals surface area contributed by atoms with Gasteiger partial charge in [0, 0.05) is 18.3 Å². The van der Waals surface area contributed by atoms with E-state index in [1.54, 1.807) is 0 Å². The van der Waals surface area contributed by atoms with Crippen molar-refractivity contribution in [3.05, 3.63) is 10.1 Å². The molecule has 0 aliphatic carbocycles. The smallest absolute Gasteiger partial charge is 0.303 e. The van der Waals surface area contributed by atoms with Crippen molar-refractivity contribution in [2.45, 2.75) is 25.8 Å². The quantitative estimate of drug-likeness (QED) is 0.464. The number of carboxylic acid groups (broad SMARTS) is 1. The first-order valence-electron chi connectivity index (χ1n) is 2.89. The molecule has 10 heavy (non-hydrogen) atoms. The normalized spacial score (nSPS) is 12.5. The zero-order valence-corrected chi connectivity index (χ0v) is 5.61. The van der Waals surface area contributed by atoms with E-state index in [0.717, 1.165) is 0 Å². The third-order valence-corrected chi connectivity index (χ3v) is 1.14. The largest absolute Gasteiger partial charge is 0.481 e. The van der Waals surface area contributed by atoms with E-state index < -0.39 is 16.9 Å². The zero-order chi connectivity index (χ0) is 8.15. The molecule has 1 atom stereocenters. The molecular weight excluding hydrogens is 138 g/mol. The first kappa shape index (κ1) is 8.87. The van der Waals surface area contributed by atoms with Crippen LogP contribution in [0, 0.1) is 10.1 Å². The molecule has 0 rings (SSSR count). The predicted molar refractivity (Wildman–Crippen MR) is 33.3 cm³/mol. The Hall–Kier alpha value is -1.13. The van der Waals surface area contributed by atoms with Gasteiger partial charge in [-0.25, -0.2) is 0 Å². The van der Waals surface area contributed by atoms with Crippen LogP contribution in [0.1, 0.15) is 19.8 Å². The summed E-state index contributed by atoms with van der Waals surface area (Å²) in [7, 11) is 0. The van der Waals surface area contributed by atoms with Crippen LogP contribution in [-0.2, 0) is 4.79 Å². The molecule has 0 amide bonds. The second-order valence-corrected chi connectivity index (χ2v) is 2.07. The van der Waals surface area contributed by atoms with Crippen molar-refractivity contribution in [3.8, 4) is 0 Å². The van der Waals surface area contributed by atoms with E-state index in [-0.39, 0.29) is 12.8 Å². The molecule has 0 aromatic carbocycles. The van der Waals surface area contributed by atoms with Crippen LogP contribution in [0.5, 0.6) is 0 Å². The maximum atomic E-state index is 9.92. The van der Waals surface area contributed by atoms with E-state index in [1.807, 2.05) is 0 Å². The van der Waals surface area contributed by atoms with Crippen LogP contribution in [0.4, 0.5) is 0 Å². The zero-order valence-electron chi connectivity index (χ0n) is 5.61. The van der Waals surface area contributed by atoms with E-state index >= 15 is 0 Å². The van der Waals surface area contributed by atoms with Crippen LogP contribution in [0.2, 0.25) is 0 Å². The standard InChI is InChI=1S/C5H9NO4/c1-4(6(9)10)2-3-5(7)8/h4H,2-3H2,1H3,(H,7,8). The molecule has 0 heterocycles. The van der Waals surface area contributed by atoms with Crippen molar-refractivity contribution in [2.75, 3.05) is 0 Å². The van der Waals surface area contributed by atoms with Crippen LogP contribution in [0.15, 0.2) is 0 Å². The fraction of sp³-hybridized carbons (Fsp3) is 0.800. The van der Waals surface area contributed by atoms with Gasteiger partial charge >= 0.3 is 5.97 Å². The summed E-state index contributed by atoms with van der Waals surface area (Å²) in [4.78, 5) is 19.3. The van der Waals surface area contributed by atoms with E-state index in [9.17, 15) is 14.9 Å². The van der Waals surface area contributed by atoms with Gasteiger partial charge in [0.25, 0.3) is 0 Å². The molecule has 0 bridgehead atoms. The Morgan fingerprint density at radius 2 is 2.30 bits per heavy atom. The molecule has 1 N–H and O–H groups in total. The minimum absolute atomic E-state index is 0.0995. The van der Waals surface area contributed by atoms with Crippen molar-refractivity contribution >= 4 is 5.97 Å². The number of nitrogens with zero attached hydrogens (tertiary/aromatic N) is 1. The van der Waals surface area contributed by atoms with E-state index in [4.69, 9.17) is 5.11 Å². The van der Waals surface area contributed by atoms with E-state index in [2.05, 4.69) is 0 Å². The topological polar surface area (TPSA) is 80.4 Å². The summed E-state index contributed by atoms with van der Waals surface area (Å²) >= 11 is 0. The average Bonchev–Trinajstić information content (AvgIpc) is 1.82. The number of nitro groups is 1. The summed E-state index contributed by atoms with van der Waals surface area (Å²) in [5.74, 6) is -0.992. The molecule has 0 spiro atoms. The molecule has 0 saturated carbocycles. The van der Waals surface area contributed by atoms with Crippen LogP contribution >= 0.6 is 0 Å². The lowest BCUT2D eigenvalue weighted by Crippen LogP contribution is -2.16. The molecule has 1 unspecified atom stereocenters. The van der Waals surface area contributed by atoms with Gasteiger partial charge in [0.05, 0.1) is 6.42 Å². The highest BCUT2D eigenvalue weighted by Crippen LogP contribution is 1.98. The maximum absolute atomic E-state index is 9.92. The summed E-state index contributed by atoms with van der Waals surface area (Å²) < 4.78 is 0. The summed E-state index contributed by atoms with van der Waals surface area (Å²) in [6.07, 6.45) is -0.0372. The summed E-state index contributed by atoms with van der Waals surface area (Å²) in [5.41, 5.74) is 0. The molecule has 0 saturated heterocycles. The second kappa shape index (κ2) is 3.81. The van der Waals surface area contributed by atoms with Crippen LogP contribution in [-0.4, -0.2) is 22.0 Å². The Labute approximate surface area is 57.8 Å². The van der Waals surface area contributed by atoms with Gasteiger partial charge < -0.3 is 5.11 Å². The van der Waals surface area contributed by atoms with Crippen LogP contribution < -0.4 is 0 Å². The van der Waals surface area contributed by atoms with Gasteiger partial charge in [-0.15, -0.1) is 0 Å². The van der Waals surface area contributed by atoms with Crippen molar-refractivity contribution in [3.63, 3.8) is 0 Å². The minimum atomic E-state index is -0.992. The molecule has 0 fully saturated rings. The van der Waals surface area contributed by atoms with Gasteiger partial charge in [0.15, 0.2) is 0 Å². The molecule has 0 aliphatic heterocycles. The highest BCUT2D eigenvalue weighted by Gasteiger charge is 2.13. The SMILES string of the molecule is CC(CCC(=O)O)[N+](=O)[O-]. The molecule has 5 nitrogen and oxygen atoms in total. The first-order valence-corrected chi connectivity index (χ1v) is 2.89. The van der Waals surface area contributed by atoms with Gasteiger partial charge in [-0.3, -0.25) is 14.9 Å². The van der Waals surface area contributed by atoms with Gasteiger partial charge in [-0.2, -0.15) is 0 Å². The Morgan fingerprint density at radius 1 is 1.80 bits per heavy atom. The molecule has 0 aliphatic rings. The highest BCUT2D eigenvalue weighted by atomic mass is 16.6. The van der Waals surface area contributed by atoms with Gasteiger partial charge in [-0.1, -0.05) is 0 Å². The van der Waals surface area contributed by atoms with Crippen molar-refractivity contribution < 1.29 is 14.8 Å². The van der Waals surface area contributed by atoms with E-state index in [0.29, 0.717) is 0 Å². The third-order valence-electron chi connectivity index (χ3n) is 1.14. The van der Waals surface area contributed by atoms with Gasteiger partial charge in [0.2, 0.25) is 6.04 Å². The minimum Gasteiger partial charge on any atom is -0.481 e. The molecule has 58 valence electrons. The van der Waals surface area contributed by atoms with Crippen molar-refractivity contribution in [1.82, 2.24) is 0 Å². The molecule has 0 radical (unpaired) electrons. The number of carboxylic acids is 1. The molecule has 0 aromatic rings. The van der Waals surface area contributed by atoms with Crippen LogP contribution in [0.25, 0.3) is 0 Å². The molecule has 0 aromatic heterocycles. The fourth-order valence-electron chi connectivity index (χ4n) is 0.438. The van der Waals surface area contributed by atoms with Gasteiger partial charge in [-0.05, 0) is 0 Å². The summed E-state index contributed by atoms with van der Waals surface area (Å²) in [6, 6.07) is -0.754. The maximum Gasteiger partial charge on any atom is 0.303 e. The summed E-state index contributed by atoms with van der Waals surface area (Å²) in [6.45, 7) is 1.39. The lowest BCUT2D eigenvalue weighted by atomic mass is 10.2. The van der Waals surface area contributed by atoms with E-state index in [1.165, 1.54) is 6.92 Å². The van der Waals surface area contributed by atoms with Crippen LogP contribution in [0.3, 0.4) is 0 Å². The predicted octanol–water partition coefficient (Wildman–Crippen LogP) is 0.516. The van der Waals surface area contributed by atoms with Crippen molar-refractivity contribution in [1.29, 1.82) is 0 Å². The molecular formula is C5H9NO4. The Bertz CT molecular complexity index is 145. The third kappa shape index (κ3) is 3.82. The van der Waals surface area contributed by atoms with Gasteiger partial charge in [0.1, 0.15) is 0 Å². The number of rotatable bonds is 4. The average molecular weight is 147 g/mol. The van der Waals surface area contributed by atoms with Crippen molar-refractivity contribution in [2.24, 2.45) is 0 Å². The number of aliphatic carboxylic acids is 1. The lowest BCUT2D eigenvalue weighted by molar-refractivity contribution is -0.518. The second-order valence-electron chi connectivity index (χ2n) is 2.07. The first-order chi connectivity index (χ1) is 4.54. The number of hydrogen-bond acceptors (Lipinski definition) is 3. The fourth-order valence-corrected chi connectivity index (χ4v) is 0.438. The number of carbonyl (C=O) groups is 1. The lowest BCUT2D eigenvalue weighted by Gasteiger charge is -1.98. The number of hydrogen-bond donors (Lipinski definition) is 1. The Balaban J connectivity index is 3.49. The monoisotopic (exact) mass is 147 g/mol. The summed E-state index contributed by atoms with van der Waals surface area (Å²) in [5, 5.41) is 18.0. The highest BCUT2D eigenvalue weighted by molar-refractivity contribution is 5.66. The molecule has 5 heteroatoms. The Morgan fingerprint density at radius 3 is 2.60 bits per heavy atom. The Kier molecular flexibility index (Phi) is 3.38.